The van der Waals surface area contributed by atoms with E-state index in [1.165, 1.54) is 18.7 Å². The van der Waals surface area contributed by atoms with E-state index in [0.29, 0.717) is 11.8 Å². The molecule has 2 heterocycles. The van der Waals surface area contributed by atoms with Crippen molar-refractivity contribution < 1.29 is 8.42 Å². The van der Waals surface area contributed by atoms with Crippen molar-refractivity contribution in [2.75, 3.05) is 12.3 Å². The highest BCUT2D eigenvalue weighted by molar-refractivity contribution is 8.00. The molecule has 2 aliphatic rings. The smallest absolute Gasteiger partial charge is 0.244 e. The van der Waals surface area contributed by atoms with Gasteiger partial charge in [0.25, 0.3) is 0 Å². The van der Waals surface area contributed by atoms with Crippen molar-refractivity contribution in [2.24, 2.45) is 0 Å². The highest BCUT2D eigenvalue weighted by atomic mass is 32.2. The summed E-state index contributed by atoms with van der Waals surface area (Å²) in [5.74, 6) is 0.822. The molecule has 1 aromatic rings. The highest BCUT2D eigenvalue weighted by Crippen LogP contribution is 2.38. The van der Waals surface area contributed by atoms with E-state index in [9.17, 15) is 8.42 Å². The summed E-state index contributed by atoms with van der Waals surface area (Å²) >= 11 is 1.89. The number of sulfonamides is 1. The maximum Gasteiger partial charge on any atom is 0.246 e. The van der Waals surface area contributed by atoms with Gasteiger partial charge in [0.2, 0.25) is 10.0 Å². The van der Waals surface area contributed by atoms with Crippen molar-refractivity contribution in [3.05, 3.63) is 24.0 Å². The Morgan fingerprint density at radius 2 is 2.19 bits per heavy atom. The summed E-state index contributed by atoms with van der Waals surface area (Å²) in [4.78, 5) is 3.94. The molecule has 0 spiro atoms. The molecule has 0 aromatic carbocycles. The van der Waals surface area contributed by atoms with Crippen LogP contribution in [0.15, 0.2) is 23.2 Å². The van der Waals surface area contributed by atoms with Crippen LogP contribution in [-0.2, 0) is 10.0 Å². The van der Waals surface area contributed by atoms with E-state index in [-0.39, 0.29) is 16.6 Å². The molecule has 0 N–H and O–H groups in total. The second-order valence-electron chi connectivity index (χ2n) is 5.34. The fourth-order valence-corrected chi connectivity index (χ4v) is 6.59. The number of nitriles is 1. The van der Waals surface area contributed by atoms with E-state index >= 15 is 0 Å². The van der Waals surface area contributed by atoms with Crippen LogP contribution in [0.3, 0.4) is 0 Å². The predicted molar refractivity (Wildman–Crippen MR) is 81.3 cm³/mol. The molecule has 1 aliphatic carbocycles. The number of thioether (sulfide) groups is 1. The lowest BCUT2D eigenvalue weighted by Crippen LogP contribution is -2.51. The molecule has 3 rings (SSSR count). The summed E-state index contributed by atoms with van der Waals surface area (Å²) in [5.41, 5.74) is -0.0110. The van der Waals surface area contributed by atoms with Crippen molar-refractivity contribution in [1.29, 1.82) is 5.26 Å². The lowest BCUT2D eigenvalue weighted by Gasteiger charge is -2.42. The molecular weight excluding hydrogens is 306 g/mol. The minimum Gasteiger partial charge on any atom is -0.244 e. The molecule has 0 radical (unpaired) electrons. The minimum absolute atomic E-state index is 0.0110. The molecule has 1 saturated carbocycles. The Bertz CT molecular complexity index is 667. The molecule has 0 bridgehead atoms. The Hall–Kier alpha value is -1.10. The summed E-state index contributed by atoms with van der Waals surface area (Å²) in [6, 6.07) is 5.02. The number of nitrogens with zero attached hydrogens (tertiary/aromatic N) is 3. The largest absolute Gasteiger partial charge is 0.246 e. The normalized spacial score (nSPS) is 26.8. The van der Waals surface area contributed by atoms with Crippen molar-refractivity contribution in [3.8, 4) is 6.07 Å². The number of hydrogen-bond acceptors (Lipinski definition) is 5. The average molecular weight is 323 g/mol. The Morgan fingerprint density at radius 1 is 1.38 bits per heavy atom. The zero-order valence-electron chi connectivity index (χ0n) is 11.6. The van der Waals surface area contributed by atoms with Gasteiger partial charge in [0, 0.05) is 29.8 Å². The maximum absolute atomic E-state index is 12.9. The van der Waals surface area contributed by atoms with Gasteiger partial charge in [-0.15, -0.1) is 0 Å². The number of rotatable bonds is 2. The van der Waals surface area contributed by atoms with Crippen molar-refractivity contribution in [2.45, 2.75) is 41.9 Å². The van der Waals surface area contributed by atoms with Crippen LogP contribution in [0.5, 0.6) is 0 Å². The molecule has 1 aromatic heterocycles. The fraction of sp³-hybridized carbons (Fsp3) is 0.571. The molecule has 5 nitrogen and oxygen atoms in total. The van der Waals surface area contributed by atoms with Crippen LogP contribution in [0, 0.1) is 11.3 Å². The molecule has 7 heteroatoms. The number of aromatic nitrogens is 1. The standard InChI is InChI=1S/C14H17N3O2S2/c15-10-11-14(6-3-7-16-11)21(18,19)17-8-9-20-13-5-2-1-4-12(13)17/h3,6-7,12-13H,1-2,4-5,8-9H2. The summed E-state index contributed by atoms with van der Waals surface area (Å²) in [5, 5.41) is 9.51. The topological polar surface area (TPSA) is 74.1 Å². The van der Waals surface area contributed by atoms with E-state index in [0.717, 1.165) is 25.0 Å². The number of hydrogen-bond donors (Lipinski definition) is 0. The second kappa shape index (κ2) is 5.95. The maximum atomic E-state index is 12.9. The molecule has 21 heavy (non-hydrogen) atoms. The zero-order chi connectivity index (χ0) is 14.9. The molecule has 2 atom stereocenters. The molecule has 1 saturated heterocycles. The Kier molecular flexibility index (Phi) is 4.20. The molecule has 0 amide bonds. The van der Waals surface area contributed by atoms with Gasteiger partial charge in [-0.1, -0.05) is 12.8 Å². The first kappa shape index (κ1) is 14.8. The third-order valence-corrected chi connectivity index (χ3v) is 7.50. The molecule has 2 unspecified atom stereocenters. The van der Waals surface area contributed by atoms with Crippen LogP contribution < -0.4 is 0 Å². The van der Waals surface area contributed by atoms with Gasteiger partial charge in [-0.05, 0) is 25.0 Å². The summed E-state index contributed by atoms with van der Waals surface area (Å²) in [6.07, 6.45) is 5.70. The van der Waals surface area contributed by atoms with Gasteiger partial charge in [0.05, 0.1) is 0 Å². The van der Waals surface area contributed by atoms with Crippen molar-refractivity contribution in [1.82, 2.24) is 9.29 Å². The van der Waals surface area contributed by atoms with E-state index in [4.69, 9.17) is 5.26 Å². The van der Waals surface area contributed by atoms with E-state index in [1.807, 2.05) is 17.8 Å². The van der Waals surface area contributed by atoms with Crippen molar-refractivity contribution in [3.63, 3.8) is 0 Å². The SMILES string of the molecule is N#Cc1ncccc1S(=O)(=O)N1CCSC2CCCCC21. The van der Waals surface area contributed by atoms with Gasteiger partial charge < -0.3 is 0 Å². The summed E-state index contributed by atoms with van der Waals surface area (Å²) in [6.45, 7) is 0.522. The third-order valence-electron chi connectivity index (χ3n) is 4.14. The van der Waals surface area contributed by atoms with Gasteiger partial charge in [-0.2, -0.15) is 21.3 Å². The monoisotopic (exact) mass is 323 g/mol. The van der Waals surface area contributed by atoms with Gasteiger partial charge in [-0.3, -0.25) is 0 Å². The van der Waals surface area contributed by atoms with Crippen LogP contribution in [0.25, 0.3) is 0 Å². The van der Waals surface area contributed by atoms with Crippen molar-refractivity contribution >= 4 is 21.8 Å². The quantitative estimate of drug-likeness (QED) is 0.832. The van der Waals surface area contributed by atoms with E-state index in [1.54, 1.807) is 10.4 Å². The van der Waals surface area contributed by atoms with Crippen LogP contribution >= 0.6 is 11.8 Å². The first-order chi connectivity index (χ1) is 10.1. The average Bonchev–Trinajstić information content (AvgIpc) is 2.54. The first-order valence-corrected chi connectivity index (χ1v) is 9.62. The van der Waals surface area contributed by atoms with Gasteiger partial charge >= 0.3 is 0 Å². The number of pyridine rings is 1. The van der Waals surface area contributed by atoms with Crippen LogP contribution in [0.1, 0.15) is 31.4 Å². The van der Waals surface area contributed by atoms with Gasteiger partial charge in [-0.25, -0.2) is 13.4 Å². The van der Waals surface area contributed by atoms with Crippen LogP contribution in [0.2, 0.25) is 0 Å². The molecule has 1 aliphatic heterocycles. The summed E-state index contributed by atoms with van der Waals surface area (Å²) in [7, 11) is -3.64. The Labute approximate surface area is 129 Å². The molecule has 112 valence electrons. The van der Waals surface area contributed by atoms with Gasteiger partial charge in [0.1, 0.15) is 11.0 Å². The zero-order valence-corrected chi connectivity index (χ0v) is 13.2. The lowest BCUT2D eigenvalue weighted by atomic mass is 9.95. The lowest BCUT2D eigenvalue weighted by molar-refractivity contribution is 0.261. The predicted octanol–water partition coefficient (Wildman–Crippen LogP) is 2.00. The molecular formula is C14H17N3O2S2. The fourth-order valence-electron chi connectivity index (χ4n) is 3.17. The third kappa shape index (κ3) is 2.68. The highest BCUT2D eigenvalue weighted by Gasteiger charge is 2.41. The molecule has 2 fully saturated rings. The van der Waals surface area contributed by atoms with Crippen LogP contribution in [0.4, 0.5) is 0 Å². The van der Waals surface area contributed by atoms with E-state index < -0.39 is 10.0 Å². The minimum atomic E-state index is -3.64. The first-order valence-electron chi connectivity index (χ1n) is 7.13. The van der Waals surface area contributed by atoms with E-state index in [2.05, 4.69) is 4.98 Å². The number of fused-ring (bicyclic) bond motifs is 1. The van der Waals surface area contributed by atoms with Gasteiger partial charge in [0.15, 0.2) is 5.69 Å². The Balaban J connectivity index is 1.99. The second-order valence-corrected chi connectivity index (χ2v) is 8.54. The van der Waals surface area contributed by atoms with Crippen LogP contribution in [-0.4, -0.2) is 41.3 Å². The summed E-state index contributed by atoms with van der Waals surface area (Å²) < 4.78 is 27.5. The Morgan fingerprint density at radius 3 is 3.00 bits per heavy atom.